The molecule has 2 aromatic rings. The smallest absolute Gasteiger partial charge is 0.267 e. The summed E-state index contributed by atoms with van der Waals surface area (Å²) in [5.41, 5.74) is 1.23. The molecule has 0 unspecified atom stereocenters. The summed E-state index contributed by atoms with van der Waals surface area (Å²) in [6.07, 6.45) is 1.44. The molecule has 0 fully saturated rings. The van der Waals surface area contributed by atoms with E-state index in [1.54, 1.807) is 18.3 Å². The van der Waals surface area contributed by atoms with Gasteiger partial charge in [-0.25, -0.2) is 4.98 Å². The fourth-order valence-corrected chi connectivity index (χ4v) is 3.20. The van der Waals surface area contributed by atoms with Crippen molar-refractivity contribution in [3.63, 3.8) is 0 Å². The third kappa shape index (κ3) is 2.94. The number of hydrogen-bond acceptors (Lipinski definition) is 4. The van der Waals surface area contributed by atoms with Crippen molar-refractivity contribution in [3.05, 3.63) is 47.3 Å². The van der Waals surface area contributed by atoms with Crippen LogP contribution < -0.4 is 5.56 Å². The van der Waals surface area contributed by atoms with Gasteiger partial charge in [0.2, 0.25) is 0 Å². The largest absolute Gasteiger partial charge is 0.292 e. The molecule has 0 aliphatic rings. The Balaban J connectivity index is 2.32. The first-order valence-corrected chi connectivity index (χ1v) is 7.61. The molecule has 6 heteroatoms. The van der Waals surface area contributed by atoms with Gasteiger partial charge in [0.25, 0.3) is 5.56 Å². The zero-order valence-electron chi connectivity index (χ0n) is 10.9. The van der Waals surface area contributed by atoms with Gasteiger partial charge in [-0.05, 0) is 49.4 Å². The highest BCUT2D eigenvalue weighted by molar-refractivity contribution is 14.1. The lowest BCUT2D eigenvalue weighted by Gasteiger charge is -2.06. The van der Waals surface area contributed by atoms with Gasteiger partial charge in [0.15, 0.2) is 5.78 Å². The average Bonchev–Trinajstić information content (AvgIpc) is 2.69. The maximum absolute atomic E-state index is 12.2. The van der Waals surface area contributed by atoms with Crippen LogP contribution in [0.4, 0.5) is 0 Å². The van der Waals surface area contributed by atoms with Crippen LogP contribution in [0, 0.1) is 24.3 Å². The molecule has 2 rings (SSSR count). The number of rotatable bonds is 3. The first-order valence-electron chi connectivity index (χ1n) is 5.72. The minimum atomic E-state index is -0.161. The molecule has 2 aromatic heterocycles. The van der Waals surface area contributed by atoms with E-state index in [1.807, 2.05) is 42.5 Å². The van der Waals surface area contributed by atoms with Gasteiger partial charge in [-0.2, -0.15) is 0 Å². The van der Waals surface area contributed by atoms with E-state index in [4.69, 9.17) is 0 Å². The average molecular weight is 388 g/mol. The molecule has 0 N–H and O–H groups in total. The minimum Gasteiger partial charge on any atom is -0.292 e. The van der Waals surface area contributed by atoms with Crippen molar-refractivity contribution in [2.75, 3.05) is 0 Å². The van der Waals surface area contributed by atoms with Crippen LogP contribution in [-0.2, 0) is 6.54 Å². The minimum absolute atomic E-state index is 0.0408. The molecule has 0 aliphatic carbocycles. The molecule has 0 saturated carbocycles. The second-order valence-corrected chi connectivity index (χ2v) is 6.87. The van der Waals surface area contributed by atoms with E-state index in [9.17, 15) is 9.59 Å². The SMILES string of the molecule is Cc1cc(C(=O)Cn2cnc(C)c(I)c2=O)c(C)s1. The number of nitrogens with zero attached hydrogens (tertiary/aromatic N) is 2. The summed E-state index contributed by atoms with van der Waals surface area (Å²) in [6.45, 7) is 5.71. The van der Waals surface area contributed by atoms with Crippen LogP contribution in [0.2, 0.25) is 0 Å². The molecular formula is C13H13IN2O2S. The Labute approximate surface area is 128 Å². The van der Waals surface area contributed by atoms with Gasteiger partial charge >= 0.3 is 0 Å². The summed E-state index contributed by atoms with van der Waals surface area (Å²) in [5.74, 6) is -0.0506. The third-order valence-electron chi connectivity index (χ3n) is 2.81. The van der Waals surface area contributed by atoms with E-state index in [1.165, 1.54) is 10.9 Å². The molecule has 0 aliphatic heterocycles. The summed E-state index contributed by atoms with van der Waals surface area (Å²) in [5, 5.41) is 0. The van der Waals surface area contributed by atoms with Crippen molar-refractivity contribution >= 4 is 39.7 Å². The van der Waals surface area contributed by atoms with E-state index < -0.39 is 0 Å². The molecule has 0 aromatic carbocycles. The summed E-state index contributed by atoms with van der Waals surface area (Å²) in [4.78, 5) is 30.4. The van der Waals surface area contributed by atoms with Gasteiger partial charge < -0.3 is 0 Å². The zero-order chi connectivity index (χ0) is 14.2. The van der Waals surface area contributed by atoms with Crippen molar-refractivity contribution in [2.24, 2.45) is 0 Å². The summed E-state index contributed by atoms with van der Waals surface area (Å²) in [6, 6.07) is 1.87. The highest BCUT2D eigenvalue weighted by Crippen LogP contribution is 2.21. The Morgan fingerprint density at radius 3 is 2.68 bits per heavy atom. The Kier molecular flexibility index (Phi) is 4.19. The van der Waals surface area contributed by atoms with Crippen LogP contribution in [0.5, 0.6) is 0 Å². The summed E-state index contributed by atoms with van der Waals surface area (Å²) >= 11 is 3.55. The van der Waals surface area contributed by atoms with E-state index in [0.717, 1.165) is 9.75 Å². The molecule has 0 atom stereocenters. The quantitative estimate of drug-likeness (QED) is 0.600. The number of aromatic nitrogens is 2. The maximum Gasteiger partial charge on any atom is 0.267 e. The van der Waals surface area contributed by atoms with Crippen LogP contribution in [0.1, 0.15) is 25.8 Å². The zero-order valence-corrected chi connectivity index (χ0v) is 13.8. The topological polar surface area (TPSA) is 52.0 Å². The first kappa shape index (κ1) is 14.4. The molecule has 0 spiro atoms. The van der Waals surface area contributed by atoms with Crippen molar-refractivity contribution < 1.29 is 4.79 Å². The van der Waals surface area contributed by atoms with Crippen molar-refractivity contribution in [2.45, 2.75) is 27.3 Å². The number of Topliss-reactive ketones (excluding diaryl/α,β-unsaturated/α-hetero) is 1. The van der Waals surface area contributed by atoms with Gasteiger partial charge in [-0.3, -0.25) is 14.2 Å². The maximum atomic E-state index is 12.2. The number of thiophene rings is 1. The predicted molar refractivity (Wildman–Crippen MR) is 84.1 cm³/mol. The second kappa shape index (κ2) is 5.54. The van der Waals surface area contributed by atoms with Gasteiger partial charge in [0.1, 0.15) is 0 Å². The Morgan fingerprint density at radius 1 is 1.42 bits per heavy atom. The number of halogens is 1. The fraction of sp³-hybridized carbons (Fsp3) is 0.308. The Bertz CT molecular complexity index is 703. The van der Waals surface area contributed by atoms with Crippen LogP contribution in [-0.4, -0.2) is 15.3 Å². The number of hydrogen-bond donors (Lipinski definition) is 0. The standard InChI is InChI=1S/C13H13IN2O2S/c1-7-4-10(9(3)19-7)11(17)5-16-6-15-8(2)12(14)13(16)18/h4,6H,5H2,1-3H3. The highest BCUT2D eigenvalue weighted by Gasteiger charge is 2.14. The van der Waals surface area contributed by atoms with Gasteiger partial charge in [0, 0.05) is 15.3 Å². The molecule has 0 radical (unpaired) electrons. The van der Waals surface area contributed by atoms with Crippen molar-refractivity contribution in [1.82, 2.24) is 9.55 Å². The molecule has 0 amide bonds. The lowest BCUT2D eigenvalue weighted by Crippen LogP contribution is -2.27. The van der Waals surface area contributed by atoms with Crippen LogP contribution >= 0.6 is 33.9 Å². The number of ketones is 1. The van der Waals surface area contributed by atoms with Crippen molar-refractivity contribution in [3.8, 4) is 0 Å². The fourth-order valence-electron chi connectivity index (χ4n) is 1.81. The normalized spacial score (nSPS) is 10.7. The highest BCUT2D eigenvalue weighted by atomic mass is 127. The molecule has 4 nitrogen and oxygen atoms in total. The van der Waals surface area contributed by atoms with Crippen LogP contribution in [0.3, 0.4) is 0 Å². The molecular weight excluding hydrogens is 375 g/mol. The lowest BCUT2D eigenvalue weighted by atomic mass is 10.1. The monoisotopic (exact) mass is 388 g/mol. The van der Waals surface area contributed by atoms with Crippen LogP contribution in [0.25, 0.3) is 0 Å². The Morgan fingerprint density at radius 2 is 2.11 bits per heavy atom. The molecule has 100 valence electrons. The van der Waals surface area contributed by atoms with Gasteiger partial charge in [-0.15, -0.1) is 11.3 Å². The first-order chi connectivity index (χ1) is 8.90. The molecule has 0 saturated heterocycles. The van der Waals surface area contributed by atoms with Gasteiger partial charge in [-0.1, -0.05) is 0 Å². The molecule has 2 heterocycles. The molecule has 19 heavy (non-hydrogen) atoms. The number of carbonyl (C=O) groups is 1. The van der Waals surface area contributed by atoms with Crippen molar-refractivity contribution in [1.29, 1.82) is 0 Å². The second-order valence-electron chi connectivity index (χ2n) is 4.33. The van der Waals surface area contributed by atoms with Crippen LogP contribution in [0.15, 0.2) is 17.2 Å². The van der Waals surface area contributed by atoms with E-state index in [0.29, 0.717) is 14.8 Å². The van der Waals surface area contributed by atoms with Gasteiger partial charge in [0.05, 0.1) is 22.1 Å². The Hall–Kier alpha value is -1.02. The van der Waals surface area contributed by atoms with E-state index in [-0.39, 0.29) is 17.9 Å². The van der Waals surface area contributed by atoms with E-state index in [2.05, 4.69) is 4.98 Å². The predicted octanol–water partition coefficient (Wildman–Crippen LogP) is 2.72. The summed E-state index contributed by atoms with van der Waals surface area (Å²) in [7, 11) is 0. The third-order valence-corrected chi connectivity index (χ3v) is 5.02. The molecule has 0 bridgehead atoms. The number of aryl methyl sites for hydroxylation is 3. The summed E-state index contributed by atoms with van der Waals surface area (Å²) < 4.78 is 1.93. The lowest BCUT2D eigenvalue weighted by molar-refractivity contribution is 0.0970. The van der Waals surface area contributed by atoms with E-state index >= 15 is 0 Å². The number of carbonyl (C=O) groups excluding carboxylic acids is 1.